The van der Waals surface area contributed by atoms with E-state index in [1.807, 2.05) is 7.05 Å². The van der Waals surface area contributed by atoms with Gasteiger partial charge in [-0.1, -0.05) is 19.3 Å². The first-order valence-corrected chi connectivity index (χ1v) is 7.90. The van der Waals surface area contributed by atoms with Crippen LogP contribution in [0, 0.1) is 5.92 Å². The van der Waals surface area contributed by atoms with Gasteiger partial charge < -0.3 is 16.0 Å². The number of hydrogen-bond donors (Lipinski definition) is 3. The van der Waals surface area contributed by atoms with Crippen LogP contribution in [0.1, 0.15) is 51.4 Å². The lowest BCUT2D eigenvalue weighted by molar-refractivity contribution is -0.123. The van der Waals surface area contributed by atoms with Gasteiger partial charge in [-0.05, 0) is 38.8 Å². The molecule has 1 fully saturated rings. The van der Waals surface area contributed by atoms with Crippen LogP contribution in [0.4, 0.5) is 0 Å². The molecule has 0 heterocycles. The largest absolute Gasteiger partial charge is 0.354 e. The fraction of sp³-hybridized carbons (Fsp3) is 0.867. The van der Waals surface area contributed by atoms with Crippen LogP contribution >= 0.6 is 12.4 Å². The predicted molar refractivity (Wildman–Crippen MR) is 87.6 cm³/mol. The van der Waals surface area contributed by atoms with Crippen LogP contribution in [0.3, 0.4) is 0 Å². The molecule has 1 rings (SSSR count). The molecule has 0 atom stereocenters. The highest BCUT2D eigenvalue weighted by molar-refractivity contribution is 5.85. The third-order valence-corrected chi connectivity index (χ3v) is 3.80. The average molecular weight is 320 g/mol. The summed E-state index contributed by atoms with van der Waals surface area (Å²) in [5.41, 5.74) is 0. The van der Waals surface area contributed by atoms with Crippen LogP contribution in [-0.2, 0) is 9.59 Å². The number of carbonyl (C=O) groups is 2. The molecule has 124 valence electrons. The van der Waals surface area contributed by atoms with Gasteiger partial charge in [0.15, 0.2) is 0 Å². The molecule has 0 radical (unpaired) electrons. The summed E-state index contributed by atoms with van der Waals surface area (Å²) < 4.78 is 0. The molecular weight excluding hydrogens is 290 g/mol. The van der Waals surface area contributed by atoms with Gasteiger partial charge in [0, 0.05) is 25.9 Å². The fourth-order valence-corrected chi connectivity index (χ4v) is 2.64. The van der Waals surface area contributed by atoms with E-state index in [1.165, 1.54) is 32.1 Å². The average Bonchev–Trinajstić information content (AvgIpc) is 2.45. The molecule has 1 aliphatic rings. The Bertz CT molecular complexity index is 295. The lowest BCUT2D eigenvalue weighted by Gasteiger charge is -2.20. The highest BCUT2D eigenvalue weighted by Gasteiger charge is 2.16. The third kappa shape index (κ3) is 10.5. The summed E-state index contributed by atoms with van der Waals surface area (Å²) in [5.74, 6) is 0.753. The highest BCUT2D eigenvalue weighted by atomic mass is 35.5. The van der Waals surface area contributed by atoms with Crippen LogP contribution in [0.15, 0.2) is 0 Å². The number of halogens is 1. The normalized spacial score (nSPS) is 15.1. The third-order valence-electron chi connectivity index (χ3n) is 3.80. The highest BCUT2D eigenvalue weighted by Crippen LogP contribution is 2.25. The van der Waals surface area contributed by atoms with Crippen molar-refractivity contribution in [3.05, 3.63) is 0 Å². The standard InChI is InChI=1S/C15H29N3O2.ClH/c1-16-9-5-8-14(19)17-10-11-18-15(20)12-13-6-3-2-4-7-13;/h13,16H,2-12H2,1H3,(H,17,19)(H,18,20);1H. The Morgan fingerprint density at radius 1 is 0.952 bits per heavy atom. The minimum atomic E-state index is 0. The molecule has 0 saturated heterocycles. The topological polar surface area (TPSA) is 70.2 Å². The molecule has 21 heavy (non-hydrogen) atoms. The zero-order valence-corrected chi connectivity index (χ0v) is 13.9. The lowest BCUT2D eigenvalue weighted by atomic mass is 9.87. The molecule has 2 amide bonds. The van der Waals surface area contributed by atoms with Crippen molar-refractivity contribution in [2.24, 2.45) is 5.92 Å². The van der Waals surface area contributed by atoms with E-state index in [9.17, 15) is 9.59 Å². The second kappa shape index (κ2) is 12.9. The van der Waals surface area contributed by atoms with Gasteiger partial charge in [0.05, 0.1) is 0 Å². The Labute approximate surface area is 134 Å². The Morgan fingerprint density at radius 3 is 2.19 bits per heavy atom. The van der Waals surface area contributed by atoms with E-state index in [4.69, 9.17) is 0 Å². The molecule has 0 aromatic heterocycles. The van der Waals surface area contributed by atoms with Crippen molar-refractivity contribution < 1.29 is 9.59 Å². The predicted octanol–water partition coefficient (Wildman–Crippen LogP) is 1.61. The van der Waals surface area contributed by atoms with Crippen LogP contribution in [0.2, 0.25) is 0 Å². The zero-order chi connectivity index (χ0) is 14.6. The number of nitrogens with one attached hydrogen (secondary N) is 3. The molecule has 6 heteroatoms. The first-order chi connectivity index (χ1) is 9.72. The maximum Gasteiger partial charge on any atom is 0.220 e. The summed E-state index contributed by atoms with van der Waals surface area (Å²) in [4.78, 5) is 23.2. The summed E-state index contributed by atoms with van der Waals surface area (Å²) in [6, 6.07) is 0. The van der Waals surface area contributed by atoms with Crippen molar-refractivity contribution in [2.75, 3.05) is 26.7 Å². The van der Waals surface area contributed by atoms with Gasteiger partial charge >= 0.3 is 0 Å². The van der Waals surface area contributed by atoms with E-state index in [0.717, 1.165) is 13.0 Å². The van der Waals surface area contributed by atoms with Crippen LogP contribution in [0.5, 0.6) is 0 Å². The van der Waals surface area contributed by atoms with Crippen LogP contribution in [0.25, 0.3) is 0 Å². The van der Waals surface area contributed by atoms with Crippen LogP contribution in [-0.4, -0.2) is 38.5 Å². The second-order valence-electron chi connectivity index (χ2n) is 5.62. The van der Waals surface area contributed by atoms with E-state index in [-0.39, 0.29) is 24.2 Å². The van der Waals surface area contributed by atoms with Gasteiger partial charge in [-0.25, -0.2) is 0 Å². The van der Waals surface area contributed by atoms with Gasteiger partial charge in [0.2, 0.25) is 11.8 Å². The number of rotatable bonds is 9. The van der Waals surface area contributed by atoms with Crippen molar-refractivity contribution in [2.45, 2.75) is 51.4 Å². The van der Waals surface area contributed by atoms with Gasteiger partial charge in [0.25, 0.3) is 0 Å². The Hall–Kier alpha value is -0.810. The van der Waals surface area contributed by atoms with Crippen molar-refractivity contribution in [1.82, 2.24) is 16.0 Å². The first-order valence-electron chi connectivity index (χ1n) is 7.90. The van der Waals surface area contributed by atoms with Gasteiger partial charge in [-0.15, -0.1) is 12.4 Å². The Balaban J connectivity index is 0.00000400. The SMILES string of the molecule is CNCCCC(=O)NCCNC(=O)CC1CCCCC1.Cl. The Morgan fingerprint density at radius 2 is 1.57 bits per heavy atom. The van der Waals surface area contributed by atoms with E-state index in [0.29, 0.717) is 31.8 Å². The molecule has 1 saturated carbocycles. The number of carbonyl (C=O) groups excluding carboxylic acids is 2. The fourth-order valence-electron chi connectivity index (χ4n) is 2.64. The maximum absolute atomic E-state index is 11.7. The quantitative estimate of drug-likeness (QED) is 0.565. The molecular formula is C15H30ClN3O2. The van der Waals surface area contributed by atoms with E-state index < -0.39 is 0 Å². The van der Waals surface area contributed by atoms with Gasteiger partial charge in [-0.3, -0.25) is 9.59 Å². The van der Waals surface area contributed by atoms with Crippen LogP contribution < -0.4 is 16.0 Å². The lowest BCUT2D eigenvalue weighted by Crippen LogP contribution is -2.35. The van der Waals surface area contributed by atoms with Gasteiger partial charge in [-0.2, -0.15) is 0 Å². The molecule has 0 bridgehead atoms. The molecule has 0 aromatic rings. The molecule has 0 unspecified atom stereocenters. The van der Waals surface area contributed by atoms with Gasteiger partial charge in [0.1, 0.15) is 0 Å². The molecule has 0 aliphatic heterocycles. The first kappa shape index (κ1) is 20.2. The van der Waals surface area contributed by atoms with Crippen molar-refractivity contribution >= 4 is 24.2 Å². The molecule has 1 aliphatic carbocycles. The zero-order valence-electron chi connectivity index (χ0n) is 13.1. The molecule has 3 N–H and O–H groups in total. The van der Waals surface area contributed by atoms with E-state index in [2.05, 4.69) is 16.0 Å². The Kier molecular flexibility index (Phi) is 12.4. The van der Waals surface area contributed by atoms with Crippen molar-refractivity contribution in [3.8, 4) is 0 Å². The summed E-state index contributed by atoms with van der Waals surface area (Å²) in [5, 5.41) is 8.71. The summed E-state index contributed by atoms with van der Waals surface area (Å²) in [7, 11) is 1.87. The summed E-state index contributed by atoms with van der Waals surface area (Å²) in [6.45, 7) is 1.91. The maximum atomic E-state index is 11.7. The van der Waals surface area contributed by atoms with E-state index >= 15 is 0 Å². The smallest absolute Gasteiger partial charge is 0.220 e. The minimum absolute atomic E-state index is 0. The minimum Gasteiger partial charge on any atom is -0.354 e. The van der Waals surface area contributed by atoms with Crippen molar-refractivity contribution in [1.29, 1.82) is 0 Å². The summed E-state index contributed by atoms with van der Waals surface area (Å²) in [6.07, 6.45) is 8.26. The monoisotopic (exact) mass is 319 g/mol. The summed E-state index contributed by atoms with van der Waals surface area (Å²) >= 11 is 0. The molecule has 0 aromatic carbocycles. The van der Waals surface area contributed by atoms with Crippen molar-refractivity contribution in [3.63, 3.8) is 0 Å². The molecule has 0 spiro atoms. The number of hydrogen-bond acceptors (Lipinski definition) is 3. The molecule has 5 nitrogen and oxygen atoms in total. The second-order valence-corrected chi connectivity index (χ2v) is 5.62. The van der Waals surface area contributed by atoms with E-state index in [1.54, 1.807) is 0 Å². The number of amides is 2.